The molecule has 3 nitrogen and oxygen atoms in total. The first-order valence-corrected chi connectivity index (χ1v) is 6.32. The molecule has 1 aliphatic heterocycles. The van der Waals surface area contributed by atoms with Crippen molar-refractivity contribution in [2.45, 2.75) is 6.10 Å². The van der Waals surface area contributed by atoms with Crippen molar-refractivity contribution in [1.82, 2.24) is 4.57 Å². The van der Waals surface area contributed by atoms with E-state index in [1.165, 1.54) is 4.57 Å². The lowest BCUT2D eigenvalue weighted by Gasteiger charge is -2.04. The molecule has 1 aliphatic rings. The fraction of sp³-hybridized carbons (Fsp3) is 0.250. The van der Waals surface area contributed by atoms with Crippen LogP contribution in [0.2, 0.25) is 0 Å². The van der Waals surface area contributed by atoms with E-state index in [0.29, 0.717) is 17.6 Å². The predicted octanol–water partition coefficient (Wildman–Crippen LogP) is 3.11. The van der Waals surface area contributed by atoms with Crippen LogP contribution in [-0.2, 0) is 11.7 Å². The molecule has 0 saturated carbocycles. The molecule has 1 atom stereocenters. The summed E-state index contributed by atoms with van der Waals surface area (Å²) in [5.74, 6) is 0.733. The number of para-hydroxylation sites is 1. The SMILES string of the molecule is [2H]C([2H])([2H])n1c2ccccc2c2cc(OCC3CO3)ccc21. The highest BCUT2D eigenvalue weighted by atomic mass is 16.6. The molecule has 2 aromatic carbocycles. The summed E-state index contributed by atoms with van der Waals surface area (Å²) in [7, 11) is 0. The zero-order valence-corrected chi connectivity index (χ0v) is 10.3. The summed E-state index contributed by atoms with van der Waals surface area (Å²) in [4.78, 5) is 0. The number of fused-ring (bicyclic) bond motifs is 3. The van der Waals surface area contributed by atoms with Gasteiger partial charge in [-0.3, -0.25) is 0 Å². The Bertz CT molecular complexity index is 850. The van der Waals surface area contributed by atoms with Gasteiger partial charge in [0.15, 0.2) is 0 Å². The van der Waals surface area contributed by atoms with Crippen molar-refractivity contribution in [2.24, 2.45) is 6.98 Å². The van der Waals surface area contributed by atoms with Gasteiger partial charge in [0.25, 0.3) is 0 Å². The Morgan fingerprint density at radius 1 is 1.26 bits per heavy atom. The molecule has 1 unspecified atom stereocenters. The molecule has 96 valence electrons. The number of epoxide rings is 1. The quantitative estimate of drug-likeness (QED) is 0.673. The fourth-order valence-electron chi connectivity index (χ4n) is 2.40. The molecule has 0 spiro atoms. The van der Waals surface area contributed by atoms with E-state index in [-0.39, 0.29) is 6.10 Å². The Balaban J connectivity index is 1.90. The van der Waals surface area contributed by atoms with Gasteiger partial charge in [0.1, 0.15) is 18.5 Å². The van der Waals surface area contributed by atoms with Crippen LogP contribution in [0.3, 0.4) is 0 Å². The van der Waals surface area contributed by atoms with Gasteiger partial charge in [0.2, 0.25) is 0 Å². The molecule has 1 aromatic heterocycles. The van der Waals surface area contributed by atoms with Gasteiger partial charge in [0, 0.05) is 32.9 Å². The molecule has 1 saturated heterocycles. The predicted molar refractivity (Wildman–Crippen MR) is 75.7 cm³/mol. The lowest BCUT2D eigenvalue weighted by molar-refractivity contribution is 0.263. The molecular formula is C16H15NO2. The molecule has 3 heteroatoms. The maximum atomic E-state index is 7.80. The van der Waals surface area contributed by atoms with Crippen LogP contribution in [-0.4, -0.2) is 23.9 Å². The van der Waals surface area contributed by atoms with E-state index in [9.17, 15) is 0 Å². The second-order valence-corrected chi connectivity index (χ2v) is 4.80. The minimum atomic E-state index is -2.22. The van der Waals surface area contributed by atoms with Gasteiger partial charge in [-0.25, -0.2) is 0 Å². The summed E-state index contributed by atoms with van der Waals surface area (Å²) >= 11 is 0. The Kier molecular flexibility index (Phi) is 1.73. The lowest BCUT2D eigenvalue weighted by Crippen LogP contribution is -2.03. The first-order chi connectivity index (χ1) is 10.5. The third kappa shape index (κ3) is 1.78. The summed E-state index contributed by atoms with van der Waals surface area (Å²) in [6, 6.07) is 13.1. The van der Waals surface area contributed by atoms with Gasteiger partial charge in [-0.15, -0.1) is 0 Å². The summed E-state index contributed by atoms with van der Waals surface area (Å²) in [6.07, 6.45) is 0.194. The van der Waals surface area contributed by atoms with Gasteiger partial charge in [-0.1, -0.05) is 18.2 Å². The third-order valence-electron chi connectivity index (χ3n) is 3.48. The molecule has 1 fully saturated rings. The van der Waals surface area contributed by atoms with E-state index < -0.39 is 6.98 Å². The smallest absolute Gasteiger partial charge is 0.120 e. The Morgan fingerprint density at radius 3 is 2.95 bits per heavy atom. The second kappa shape index (κ2) is 4.00. The van der Waals surface area contributed by atoms with Crippen LogP contribution in [0.5, 0.6) is 5.75 Å². The van der Waals surface area contributed by atoms with Crippen molar-refractivity contribution in [3.05, 3.63) is 42.5 Å². The van der Waals surface area contributed by atoms with E-state index in [1.54, 1.807) is 0 Å². The Labute approximate surface area is 115 Å². The molecule has 3 aromatic rings. The Hall–Kier alpha value is -2.00. The normalized spacial score (nSPS) is 21.1. The number of aromatic nitrogens is 1. The summed E-state index contributed by atoms with van der Waals surface area (Å²) in [5, 5.41) is 1.81. The van der Waals surface area contributed by atoms with E-state index in [1.807, 2.05) is 42.5 Å². The highest BCUT2D eigenvalue weighted by molar-refractivity contribution is 6.08. The minimum Gasteiger partial charge on any atom is -0.491 e. The number of rotatable bonds is 3. The summed E-state index contributed by atoms with van der Waals surface area (Å²) in [6.45, 7) is -0.935. The number of ether oxygens (including phenoxy) is 2. The lowest BCUT2D eigenvalue weighted by atomic mass is 10.1. The maximum absolute atomic E-state index is 7.80. The third-order valence-corrected chi connectivity index (χ3v) is 3.48. The molecule has 0 bridgehead atoms. The second-order valence-electron chi connectivity index (χ2n) is 4.80. The summed E-state index contributed by atoms with van der Waals surface area (Å²) in [5.41, 5.74) is 1.40. The molecule has 19 heavy (non-hydrogen) atoms. The standard InChI is InChI=1S/C16H15NO2/c1-17-15-5-3-2-4-13(15)14-8-11(6-7-16(14)17)18-9-12-10-19-12/h2-8,12H,9-10H2,1H3/i1D3. The zero-order chi connectivity index (χ0) is 15.3. The molecule has 0 radical (unpaired) electrons. The fourth-order valence-corrected chi connectivity index (χ4v) is 2.40. The largest absolute Gasteiger partial charge is 0.491 e. The number of hydrogen-bond donors (Lipinski definition) is 0. The van der Waals surface area contributed by atoms with Crippen molar-refractivity contribution < 1.29 is 13.6 Å². The highest BCUT2D eigenvalue weighted by Gasteiger charge is 2.23. The van der Waals surface area contributed by atoms with E-state index >= 15 is 0 Å². The van der Waals surface area contributed by atoms with Crippen LogP contribution in [0, 0.1) is 0 Å². The number of benzene rings is 2. The average Bonchev–Trinajstić information content (AvgIpc) is 3.24. The first-order valence-electron chi connectivity index (χ1n) is 7.82. The van der Waals surface area contributed by atoms with Crippen molar-refractivity contribution >= 4 is 21.8 Å². The van der Waals surface area contributed by atoms with Crippen LogP contribution in [0.15, 0.2) is 42.5 Å². The van der Waals surface area contributed by atoms with Gasteiger partial charge in [-0.05, 0) is 24.3 Å². The zero-order valence-electron chi connectivity index (χ0n) is 13.3. The van der Waals surface area contributed by atoms with Crippen LogP contribution in [0.1, 0.15) is 4.11 Å². The topological polar surface area (TPSA) is 26.7 Å². The number of nitrogens with zero attached hydrogens (tertiary/aromatic N) is 1. The van der Waals surface area contributed by atoms with Crippen LogP contribution in [0.4, 0.5) is 0 Å². The van der Waals surface area contributed by atoms with Gasteiger partial charge >= 0.3 is 0 Å². The van der Waals surface area contributed by atoms with Gasteiger partial charge < -0.3 is 14.0 Å². The van der Waals surface area contributed by atoms with Crippen molar-refractivity contribution in [2.75, 3.05) is 13.2 Å². The van der Waals surface area contributed by atoms with Gasteiger partial charge in [-0.2, -0.15) is 0 Å². The number of hydrogen-bond acceptors (Lipinski definition) is 2. The van der Waals surface area contributed by atoms with Gasteiger partial charge in [0.05, 0.1) is 6.61 Å². The van der Waals surface area contributed by atoms with Crippen molar-refractivity contribution in [3.63, 3.8) is 0 Å². The van der Waals surface area contributed by atoms with E-state index in [0.717, 1.165) is 23.1 Å². The van der Waals surface area contributed by atoms with E-state index in [4.69, 9.17) is 13.6 Å². The minimum absolute atomic E-state index is 0.194. The molecule has 0 amide bonds. The summed E-state index contributed by atoms with van der Waals surface area (Å²) < 4.78 is 35.7. The number of aryl methyl sites for hydroxylation is 1. The monoisotopic (exact) mass is 256 g/mol. The first kappa shape index (κ1) is 8.23. The maximum Gasteiger partial charge on any atom is 0.120 e. The van der Waals surface area contributed by atoms with Crippen molar-refractivity contribution in [3.8, 4) is 5.75 Å². The average molecular weight is 256 g/mol. The molecule has 2 heterocycles. The van der Waals surface area contributed by atoms with Crippen molar-refractivity contribution in [1.29, 1.82) is 0 Å². The highest BCUT2D eigenvalue weighted by Crippen LogP contribution is 2.31. The van der Waals surface area contributed by atoms with Crippen LogP contribution >= 0.6 is 0 Å². The molecule has 0 N–H and O–H groups in total. The van der Waals surface area contributed by atoms with Crippen LogP contribution < -0.4 is 4.74 Å². The molecule has 0 aliphatic carbocycles. The van der Waals surface area contributed by atoms with Crippen LogP contribution in [0.25, 0.3) is 21.8 Å². The molecule has 4 rings (SSSR count). The Morgan fingerprint density at radius 2 is 2.11 bits per heavy atom. The van der Waals surface area contributed by atoms with E-state index in [2.05, 4.69) is 0 Å². The molecular weight excluding hydrogens is 238 g/mol.